The Hall–Kier alpha value is -1.02. The SMILES string of the molecule is CCCOc1ccc(C(NCC)C(C)CC)cc1. The molecular formula is C16H27NO. The molecule has 0 spiro atoms. The van der Waals surface area contributed by atoms with Crippen LogP contribution in [-0.4, -0.2) is 13.2 Å². The standard InChI is InChI=1S/C16H27NO/c1-5-12-18-15-10-8-14(9-11-15)16(17-7-3)13(4)6-2/h8-11,13,16-17H,5-7,12H2,1-4H3. The molecule has 0 saturated carbocycles. The van der Waals surface area contributed by atoms with Crippen LogP contribution >= 0.6 is 0 Å². The summed E-state index contributed by atoms with van der Waals surface area (Å²) in [7, 11) is 0. The summed E-state index contributed by atoms with van der Waals surface area (Å²) in [5.41, 5.74) is 1.36. The topological polar surface area (TPSA) is 21.3 Å². The summed E-state index contributed by atoms with van der Waals surface area (Å²) in [6, 6.07) is 8.98. The maximum atomic E-state index is 5.62. The van der Waals surface area contributed by atoms with Crippen molar-refractivity contribution in [1.29, 1.82) is 0 Å². The fourth-order valence-electron chi connectivity index (χ4n) is 2.09. The summed E-state index contributed by atoms with van der Waals surface area (Å²) in [5.74, 6) is 1.62. The lowest BCUT2D eigenvalue weighted by Gasteiger charge is -2.24. The van der Waals surface area contributed by atoms with E-state index in [0.29, 0.717) is 12.0 Å². The zero-order chi connectivity index (χ0) is 13.4. The monoisotopic (exact) mass is 249 g/mol. The first-order valence-electron chi connectivity index (χ1n) is 7.19. The molecule has 1 aromatic rings. The van der Waals surface area contributed by atoms with Crippen molar-refractivity contribution in [1.82, 2.24) is 5.32 Å². The minimum Gasteiger partial charge on any atom is -0.494 e. The molecule has 0 radical (unpaired) electrons. The van der Waals surface area contributed by atoms with E-state index in [0.717, 1.165) is 25.3 Å². The third kappa shape index (κ3) is 4.34. The van der Waals surface area contributed by atoms with Crippen molar-refractivity contribution < 1.29 is 4.74 Å². The van der Waals surface area contributed by atoms with E-state index in [-0.39, 0.29) is 0 Å². The molecule has 18 heavy (non-hydrogen) atoms. The van der Waals surface area contributed by atoms with Crippen molar-refractivity contribution in [3.63, 3.8) is 0 Å². The summed E-state index contributed by atoms with van der Waals surface area (Å²) in [6.45, 7) is 10.6. The predicted octanol–water partition coefficient (Wildman–Crippen LogP) is 4.17. The normalized spacial score (nSPS) is 14.2. The summed E-state index contributed by atoms with van der Waals surface area (Å²) in [6.07, 6.45) is 2.24. The highest BCUT2D eigenvalue weighted by atomic mass is 16.5. The Balaban J connectivity index is 2.73. The molecule has 0 fully saturated rings. The second-order valence-corrected chi connectivity index (χ2v) is 4.84. The molecule has 2 nitrogen and oxygen atoms in total. The first-order chi connectivity index (χ1) is 8.72. The van der Waals surface area contributed by atoms with Crippen LogP contribution in [0.5, 0.6) is 5.75 Å². The smallest absolute Gasteiger partial charge is 0.119 e. The molecule has 0 saturated heterocycles. The Morgan fingerprint density at radius 2 is 1.78 bits per heavy atom. The lowest BCUT2D eigenvalue weighted by Crippen LogP contribution is -2.26. The molecule has 2 heteroatoms. The Bertz CT molecular complexity index is 320. The van der Waals surface area contributed by atoms with Gasteiger partial charge in [0.2, 0.25) is 0 Å². The second kappa shape index (κ2) is 8.15. The number of rotatable bonds is 8. The third-order valence-electron chi connectivity index (χ3n) is 3.35. The average Bonchev–Trinajstić information content (AvgIpc) is 2.42. The average molecular weight is 249 g/mol. The van der Waals surface area contributed by atoms with E-state index in [1.807, 2.05) is 0 Å². The molecule has 0 aromatic heterocycles. The molecule has 1 aromatic carbocycles. The van der Waals surface area contributed by atoms with Gasteiger partial charge in [0.15, 0.2) is 0 Å². The maximum Gasteiger partial charge on any atom is 0.119 e. The van der Waals surface area contributed by atoms with Gasteiger partial charge in [-0.05, 0) is 36.6 Å². The molecule has 2 atom stereocenters. The van der Waals surface area contributed by atoms with Gasteiger partial charge in [-0.3, -0.25) is 0 Å². The van der Waals surface area contributed by atoms with E-state index in [2.05, 4.69) is 57.3 Å². The van der Waals surface area contributed by atoms with Crippen molar-refractivity contribution >= 4 is 0 Å². The van der Waals surface area contributed by atoms with E-state index >= 15 is 0 Å². The minimum absolute atomic E-state index is 0.445. The Kier molecular flexibility index (Phi) is 6.81. The van der Waals surface area contributed by atoms with Gasteiger partial charge in [0.05, 0.1) is 6.61 Å². The zero-order valence-electron chi connectivity index (χ0n) is 12.2. The van der Waals surface area contributed by atoms with Crippen molar-refractivity contribution in [2.24, 2.45) is 5.92 Å². The van der Waals surface area contributed by atoms with Gasteiger partial charge in [0.1, 0.15) is 5.75 Å². The molecular weight excluding hydrogens is 222 g/mol. The molecule has 0 heterocycles. The van der Waals surface area contributed by atoms with Gasteiger partial charge < -0.3 is 10.1 Å². The lowest BCUT2D eigenvalue weighted by molar-refractivity contribution is 0.317. The van der Waals surface area contributed by atoms with Crippen LogP contribution in [-0.2, 0) is 0 Å². The van der Waals surface area contributed by atoms with Gasteiger partial charge in [0.25, 0.3) is 0 Å². The van der Waals surface area contributed by atoms with Gasteiger partial charge >= 0.3 is 0 Å². The quantitative estimate of drug-likeness (QED) is 0.746. The summed E-state index contributed by atoms with van der Waals surface area (Å²) in [4.78, 5) is 0. The fraction of sp³-hybridized carbons (Fsp3) is 0.625. The molecule has 0 aliphatic heterocycles. The molecule has 1 N–H and O–H groups in total. The summed E-state index contributed by atoms with van der Waals surface area (Å²) >= 11 is 0. The number of hydrogen-bond acceptors (Lipinski definition) is 2. The first kappa shape index (κ1) is 15.0. The van der Waals surface area contributed by atoms with Gasteiger partial charge in [-0.25, -0.2) is 0 Å². The van der Waals surface area contributed by atoms with E-state index in [9.17, 15) is 0 Å². The van der Waals surface area contributed by atoms with E-state index < -0.39 is 0 Å². The van der Waals surface area contributed by atoms with Crippen molar-refractivity contribution in [3.8, 4) is 5.75 Å². The number of benzene rings is 1. The van der Waals surface area contributed by atoms with E-state index in [4.69, 9.17) is 4.74 Å². The van der Waals surface area contributed by atoms with Crippen LogP contribution in [0.25, 0.3) is 0 Å². The highest BCUT2D eigenvalue weighted by Crippen LogP contribution is 2.26. The summed E-state index contributed by atoms with van der Waals surface area (Å²) in [5, 5.41) is 3.57. The van der Waals surface area contributed by atoms with Crippen LogP contribution in [0.15, 0.2) is 24.3 Å². The molecule has 0 amide bonds. The fourth-order valence-corrected chi connectivity index (χ4v) is 2.09. The van der Waals surface area contributed by atoms with Crippen molar-refractivity contribution in [2.45, 2.75) is 46.6 Å². The molecule has 102 valence electrons. The number of nitrogens with one attached hydrogen (secondary N) is 1. The third-order valence-corrected chi connectivity index (χ3v) is 3.35. The first-order valence-corrected chi connectivity index (χ1v) is 7.19. The van der Waals surface area contributed by atoms with Crippen LogP contribution in [0.4, 0.5) is 0 Å². The van der Waals surface area contributed by atoms with Crippen LogP contribution in [0.1, 0.15) is 52.1 Å². The Morgan fingerprint density at radius 3 is 2.28 bits per heavy atom. The Morgan fingerprint density at radius 1 is 1.11 bits per heavy atom. The highest BCUT2D eigenvalue weighted by molar-refractivity contribution is 5.29. The molecule has 0 aliphatic rings. The van der Waals surface area contributed by atoms with Gasteiger partial charge in [0, 0.05) is 6.04 Å². The maximum absolute atomic E-state index is 5.62. The van der Waals surface area contributed by atoms with Crippen LogP contribution in [0.3, 0.4) is 0 Å². The van der Waals surface area contributed by atoms with E-state index in [1.165, 1.54) is 12.0 Å². The molecule has 2 unspecified atom stereocenters. The van der Waals surface area contributed by atoms with Crippen LogP contribution < -0.4 is 10.1 Å². The zero-order valence-corrected chi connectivity index (χ0v) is 12.2. The summed E-state index contributed by atoms with van der Waals surface area (Å²) < 4.78 is 5.62. The lowest BCUT2D eigenvalue weighted by atomic mass is 9.92. The molecule has 0 bridgehead atoms. The van der Waals surface area contributed by atoms with E-state index in [1.54, 1.807) is 0 Å². The van der Waals surface area contributed by atoms with Crippen LogP contribution in [0, 0.1) is 5.92 Å². The van der Waals surface area contributed by atoms with Gasteiger partial charge in [-0.1, -0.05) is 46.2 Å². The van der Waals surface area contributed by atoms with Gasteiger partial charge in [-0.2, -0.15) is 0 Å². The number of hydrogen-bond donors (Lipinski definition) is 1. The molecule has 1 rings (SSSR count). The minimum atomic E-state index is 0.445. The largest absolute Gasteiger partial charge is 0.494 e. The van der Waals surface area contributed by atoms with Crippen LogP contribution in [0.2, 0.25) is 0 Å². The highest BCUT2D eigenvalue weighted by Gasteiger charge is 2.16. The van der Waals surface area contributed by atoms with Crippen molar-refractivity contribution in [2.75, 3.05) is 13.2 Å². The van der Waals surface area contributed by atoms with Crippen molar-refractivity contribution in [3.05, 3.63) is 29.8 Å². The second-order valence-electron chi connectivity index (χ2n) is 4.84. The number of ether oxygens (including phenoxy) is 1. The van der Waals surface area contributed by atoms with Gasteiger partial charge in [-0.15, -0.1) is 0 Å². The molecule has 0 aliphatic carbocycles. The Labute approximate surface area is 112 Å². The predicted molar refractivity (Wildman–Crippen MR) is 78.1 cm³/mol.